The summed E-state index contributed by atoms with van der Waals surface area (Å²) in [7, 11) is 2.15. The molecule has 2 unspecified atom stereocenters. The average molecular weight is 248 g/mol. The summed E-state index contributed by atoms with van der Waals surface area (Å²) < 4.78 is 0. The number of pyridine rings is 1. The van der Waals surface area contributed by atoms with Crippen molar-refractivity contribution >= 4 is 5.69 Å². The maximum atomic E-state index is 9.46. The Hall–Kier alpha value is -1.09. The molecule has 0 spiro atoms. The second-order valence-corrected chi connectivity index (χ2v) is 5.65. The standard InChI is InChI=1S/C15H24N2O/c1-11-5-4-6-13(9-11)17(3)14-7-8-15(12(2)18)16-10-14/h7-8,10-13,18H,4-6,9H2,1-3H3/t11?,12-,13?/m0/s1. The van der Waals surface area contributed by atoms with E-state index < -0.39 is 6.10 Å². The van der Waals surface area contributed by atoms with Crippen molar-refractivity contribution < 1.29 is 5.11 Å². The van der Waals surface area contributed by atoms with Gasteiger partial charge in [0.15, 0.2) is 0 Å². The highest BCUT2D eigenvalue weighted by atomic mass is 16.3. The topological polar surface area (TPSA) is 36.4 Å². The number of aromatic nitrogens is 1. The van der Waals surface area contributed by atoms with Crippen LogP contribution in [0.3, 0.4) is 0 Å². The lowest BCUT2D eigenvalue weighted by atomic mass is 9.86. The Kier molecular flexibility index (Phi) is 4.23. The molecule has 1 aromatic heterocycles. The van der Waals surface area contributed by atoms with Crippen LogP contribution < -0.4 is 4.90 Å². The molecule has 0 bridgehead atoms. The van der Waals surface area contributed by atoms with E-state index in [0.717, 1.165) is 17.3 Å². The molecule has 3 nitrogen and oxygen atoms in total. The Morgan fingerprint density at radius 2 is 2.17 bits per heavy atom. The van der Waals surface area contributed by atoms with Gasteiger partial charge >= 0.3 is 0 Å². The smallest absolute Gasteiger partial charge is 0.0931 e. The highest BCUT2D eigenvalue weighted by Crippen LogP contribution is 2.29. The molecule has 3 heteroatoms. The van der Waals surface area contributed by atoms with Crippen molar-refractivity contribution in [1.82, 2.24) is 4.98 Å². The van der Waals surface area contributed by atoms with Gasteiger partial charge in [-0.2, -0.15) is 0 Å². The summed E-state index contributed by atoms with van der Waals surface area (Å²) in [6.07, 6.45) is 6.63. The predicted octanol–water partition coefficient (Wildman–Crippen LogP) is 3.15. The van der Waals surface area contributed by atoms with E-state index in [0.29, 0.717) is 6.04 Å². The molecule has 0 aliphatic heterocycles. The highest BCUT2D eigenvalue weighted by Gasteiger charge is 2.22. The molecule has 1 N–H and O–H groups in total. The van der Waals surface area contributed by atoms with Crippen LogP contribution in [0.15, 0.2) is 18.3 Å². The maximum absolute atomic E-state index is 9.46. The zero-order valence-electron chi connectivity index (χ0n) is 11.6. The predicted molar refractivity (Wildman–Crippen MR) is 74.7 cm³/mol. The molecular formula is C15H24N2O. The summed E-state index contributed by atoms with van der Waals surface area (Å²) >= 11 is 0. The van der Waals surface area contributed by atoms with Crippen molar-refractivity contribution in [2.24, 2.45) is 5.92 Å². The van der Waals surface area contributed by atoms with E-state index in [-0.39, 0.29) is 0 Å². The Balaban J connectivity index is 2.05. The number of anilines is 1. The third-order valence-electron chi connectivity index (χ3n) is 4.06. The van der Waals surface area contributed by atoms with Crippen molar-refractivity contribution in [3.63, 3.8) is 0 Å². The van der Waals surface area contributed by atoms with E-state index in [4.69, 9.17) is 0 Å². The SMILES string of the molecule is CC1CCCC(N(C)c2ccc([C@H](C)O)nc2)C1. The molecule has 100 valence electrons. The van der Waals surface area contributed by atoms with Crippen LogP contribution in [0.4, 0.5) is 5.69 Å². The Labute approximate surface area is 110 Å². The van der Waals surface area contributed by atoms with Gasteiger partial charge in [0, 0.05) is 13.1 Å². The molecule has 1 heterocycles. The molecule has 1 fully saturated rings. The van der Waals surface area contributed by atoms with Crippen LogP contribution >= 0.6 is 0 Å². The first-order valence-electron chi connectivity index (χ1n) is 6.94. The minimum absolute atomic E-state index is 0.487. The van der Waals surface area contributed by atoms with Crippen molar-refractivity contribution in [1.29, 1.82) is 0 Å². The van der Waals surface area contributed by atoms with Crippen LogP contribution in [0.5, 0.6) is 0 Å². The van der Waals surface area contributed by atoms with E-state index in [2.05, 4.69) is 29.9 Å². The molecule has 1 aliphatic rings. The number of rotatable bonds is 3. The number of aliphatic hydroxyl groups excluding tert-OH is 1. The van der Waals surface area contributed by atoms with Crippen LogP contribution in [0.1, 0.15) is 51.3 Å². The van der Waals surface area contributed by atoms with Gasteiger partial charge in [0.05, 0.1) is 23.7 Å². The molecule has 3 atom stereocenters. The summed E-state index contributed by atoms with van der Waals surface area (Å²) in [4.78, 5) is 6.66. The monoisotopic (exact) mass is 248 g/mol. The fourth-order valence-corrected chi connectivity index (χ4v) is 2.82. The van der Waals surface area contributed by atoms with Gasteiger partial charge < -0.3 is 10.0 Å². The lowest BCUT2D eigenvalue weighted by Crippen LogP contribution is -2.35. The summed E-state index contributed by atoms with van der Waals surface area (Å²) in [5.41, 5.74) is 1.89. The molecule has 1 aromatic rings. The van der Waals surface area contributed by atoms with E-state index >= 15 is 0 Å². The molecule has 0 radical (unpaired) electrons. The van der Waals surface area contributed by atoms with E-state index in [1.165, 1.54) is 25.7 Å². The van der Waals surface area contributed by atoms with Gasteiger partial charge in [0.1, 0.15) is 0 Å². The lowest BCUT2D eigenvalue weighted by molar-refractivity contribution is 0.194. The van der Waals surface area contributed by atoms with Crippen molar-refractivity contribution in [2.75, 3.05) is 11.9 Å². The Morgan fingerprint density at radius 3 is 2.72 bits per heavy atom. The van der Waals surface area contributed by atoms with Crippen LogP contribution in [0.25, 0.3) is 0 Å². The van der Waals surface area contributed by atoms with Crippen LogP contribution in [0.2, 0.25) is 0 Å². The first kappa shape index (κ1) is 13.3. The number of aliphatic hydroxyl groups is 1. The zero-order chi connectivity index (χ0) is 13.1. The minimum Gasteiger partial charge on any atom is -0.387 e. The van der Waals surface area contributed by atoms with E-state index in [1.54, 1.807) is 6.92 Å². The summed E-state index contributed by atoms with van der Waals surface area (Å²) in [5.74, 6) is 0.830. The normalized spacial score (nSPS) is 25.8. The number of nitrogens with zero attached hydrogens (tertiary/aromatic N) is 2. The number of hydrogen-bond acceptors (Lipinski definition) is 3. The van der Waals surface area contributed by atoms with Crippen molar-refractivity contribution in [2.45, 2.75) is 51.7 Å². The Bertz CT molecular complexity index is 375. The van der Waals surface area contributed by atoms with Gasteiger partial charge in [-0.25, -0.2) is 0 Å². The van der Waals surface area contributed by atoms with Gasteiger partial charge in [-0.1, -0.05) is 19.8 Å². The van der Waals surface area contributed by atoms with Crippen LogP contribution in [0, 0.1) is 5.92 Å². The van der Waals surface area contributed by atoms with Gasteiger partial charge in [-0.15, -0.1) is 0 Å². The molecular weight excluding hydrogens is 224 g/mol. The third kappa shape index (κ3) is 3.02. The molecule has 18 heavy (non-hydrogen) atoms. The molecule has 0 aromatic carbocycles. The summed E-state index contributed by atoms with van der Waals surface area (Å²) in [6.45, 7) is 4.09. The van der Waals surface area contributed by atoms with Gasteiger partial charge in [0.25, 0.3) is 0 Å². The van der Waals surface area contributed by atoms with Gasteiger partial charge in [-0.05, 0) is 37.8 Å². The maximum Gasteiger partial charge on any atom is 0.0931 e. The largest absolute Gasteiger partial charge is 0.387 e. The van der Waals surface area contributed by atoms with Gasteiger partial charge in [-0.3, -0.25) is 4.98 Å². The zero-order valence-corrected chi connectivity index (χ0v) is 11.6. The van der Waals surface area contributed by atoms with E-state index in [9.17, 15) is 5.11 Å². The fourth-order valence-electron chi connectivity index (χ4n) is 2.82. The van der Waals surface area contributed by atoms with E-state index in [1.807, 2.05) is 12.3 Å². The molecule has 0 saturated heterocycles. The second kappa shape index (κ2) is 5.70. The second-order valence-electron chi connectivity index (χ2n) is 5.65. The Morgan fingerprint density at radius 1 is 1.39 bits per heavy atom. The summed E-state index contributed by atoms with van der Waals surface area (Å²) in [5, 5.41) is 9.46. The average Bonchev–Trinajstić information content (AvgIpc) is 2.38. The van der Waals surface area contributed by atoms with Crippen molar-refractivity contribution in [3.05, 3.63) is 24.0 Å². The quantitative estimate of drug-likeness (QED) is 0.892. The molecule has 1 aliphatic carbocycles. The highest BCUT2D eigenvalue weighted by molar-refractivity contribution is 5.45. The van der Waals surface area contributed by atoms with Crippen molar-refractivity contribution in [3.8, 4) is 0 Å². The van der Waals surface area contributed by atoms with Crippen LogP contribution in [-0.2, 0) is 0 Å². The molecule has 0 amide bonds. The molecule has 1 saturated carbocycles. The number of hydrogen-bond donors (Lipinski definition) is 1. The lowest BCUT2D eigenvalue weighted by Gasteiger charge is -2.35. The fraction of sp³-hybridized carbons (Fsp3) is 0.667. The minimum atomic E-state index is -0.487. The first-order chi connectivity index (χ1) is 8.58. The first-order valence-corrected chi connectivity index (χ1v) is 6.94. The van der Waals surface area contributed by atoms with Crippen LogP contribution in [-0.4, -0.2) is 23.2 Å². The third-order valence-corrected chi connectivity index (χ3v) is 4.06. The molecule has 2 rings (SSSR count). The van der Waals surface area contributed by atoms with Gasteiger partial charge in [0.2, 0.25) is 0 Å². The summed E-state index contributed by atoms with van der Waals surface area (Å²) in [6, 6.07) is 4.62.